The number of ether oxygens (including phenoxy) is 1. The second kappa shape index (κ2) is 5.94. The van der Waals surface area contributed by atoms with Crippen molar-refractivity contribution in [3.8, 4) is 0 Å². The van der Waals surface area contributed by atoms with Crippen LogP contribution in [0.4, 0.5) is 5.13 Å². The topological polar surface area (TPSA) is 68.3 Å². The van der Waals surface area contributed by atoms with Crippen molar-refractivity contribution in [1.29, 1.82) is 0 Å². The Balaban J connectivity index is 2.12. The van der Waals surface area contributed by atoms with Gasteiger partial charge in [0.1, 0.15) is 4.88 Å². The molecule has 0 aliphatic heterocycles. The number of thiophene rings is 1. The number of carbonyl (C=O) groups is 2. The van der Waals surface area contributed by atoms with Crippen LogP contribution in [0.2, 0.25) is 0 Å². The Morgan fingerprint density at radius 3 is 2.89 bits per heavy atom. The Morgan fingerprint density at radius 2 is 2.26 bits per heavy atom. The number of hydrogen-bond donors (Lipinski definition) is 1. The lowest BCUT2D eigenvalue weighted by Crippen LogP contribution is -2.10. The first kappa shape index (κ1) is 13.7. The lowest BCUT2D eigenvalue weighted by Gasteiger charge is -1.98. The molecule has 0 radical (unpaired) electrons. The molecule has 1 N–H and O–H groups in total. The van der Waals surface area contributed by atoms with E-state index in [4.69, 9.17) is 4.74 Å². The second-order valence-corrected chi connectivity index (χ2v) is 5.40. The summed E-state index contributed by atoms with van der Waals surface area (Å²) < 4.78 is 4.92. The minimum Gasteiger partial charge on any atom is -0.462 e. The summed E-state index contributed by atoms with van der Waals surface area (Å²) >= 11 is 2.57. The van der Waals surface area contributed by atoms with Gasteiger partial charge in [0.05, 0.1) is 17.9 Å². The number of aryl methyl sites for hydroxylation is 1. The van der Waals surface area contributed by atoms with Crippen LogP contribution in [-0.2, 0) is 4.74 Å². The molecule has 0 bridgehead atoms. The third-order valence-corrected chi connectivity index (χ3v) is 4.00. The monoisotopic (exact) mass is 296 g/mol. The first-order valence-corrected chi connectivity index (χ1v) is 7.36. The molecule has 2 aromatic heterocycles. The molecule has 100 valence electrons. The summed E-state index contributed by atoms with van der Waals surface area (Å²) in [6, 6.07) is 1.73. The lowest BCUT2D eigenvalue weighted by atomic mass is 10.3. The van der Waals surface area contributed by atoms with Crippen molar-refractivity contribution in [2.24, 2.45) is 0 Å². The fourth-order valence-electron chi connectivity index (χ4n) is 1.40. The average Bonchev–Trinajstić information content (AvgIpc) is 2.99. The number of nitrogens with one attached hydrogen (secondary N) is 1. The van der Waals surface area contributed by atoms with Gasteiger partial charge in [0.15, 0.2) is 5.13 Å². The van der Waals surface area contributed by atoms with E-state index in [0.717, 1.165) is 11.3 Å². The van der Waals surface area contributed by atoms with E-state index in [0.29, 0.717) is 27.9 Å². The zero-order valence-electron chi connectivity index (χ0n) is 10.4. The Bertz CT molecular complexity index is 590. The van der Waals surface area contributed by atoms with Crippen LogP contribution in [0, 0.1) is 6.92 Å². The van der Waals surface area contributed by atoms with Crippen molar-refractivity contribution in [1.82, 2.24) is 4.98 Å². The largest absolute Gasteiger partial charge is 0.462 e. The van der Waals surface area contributed by atoms with E-state index in [9.17, 15) is 9.59 Å². The highest BCUT2D eigenvalue weighted by Crippen LogP contribution is 2.24. The molecule has 0 aromatic carbocycles. The minimum atomic E-state index is -0.409. The van der Waals surface area contributed by atoms with Crippen LogP contribution in [-0.4, -0.2) is 23.5 Å². The number of anilines is 1. The summed E-state index contributed by atoms with van der Waals surface area (Å²) in [5.74, 6) is -0.640. The quantitative estimate of drug-likeness (QED) is 0.881. The van der Waals surface area contributed by atoms with E-state index < -0.39 is 5.97 Å². The van der Waals surface area contributed by atoms with Crippen molar-refractivity contribution in [3.05, 3.63) is 33.0 Å². The van der Waals surface area contributed by atoms with E-state index >= 15 is 0 Å². The first-order valence-electron chi connectivity index (χ1n) is 5.60. The number of carbonyl (C=O) groups excluding carboxylic acids is 2. The van der Waals surface area contributed by atoms with E-state index in [1.165, 1.54) is 11.3 Å². The van der Waals surface area contributed by atoms with Crippen molar-refractivity contribution in [2.45, 2.75) is 13.8 Å². The van der Waals surface area contributed by atoms with Gasteiger partial charge in [0.25, 0.3) is 5.91 Å². The number of amides is 1. The average molecular weight is 296 g/mol. The van der Waals surface area contributed by atoms with Gasteiger partial charge < -0.3 is 4.74 Å². The fraction of sp³-hybridized carbons (Fsp3) is 0.250. The van der Waals surface area contributed by atoms with Crippen LogP contribution in [0.3, 0.4) is 0 Å². The summed E-state index contributed by atoms with van der Waals surface area (Å²) in [7, 11) is 0. The highest BCUT2D eigenvalue weighted by atomic mass is 32.1. The Kier molecular flexibility index (Phi) is 4.28. The molecule has 2 aromatic rings. The van der Waals surface area contributed by atoms with Crippen LogP contribution in [0.15, 0.2) is 16.8 Å². The predicted molar refractivity (Wildman–Crippen MR) is 75.1 cm³/mol. The molecule has 0 saturated heterocycles. The molecular weight excluding hydrogens is 284 g/mol. The maximum atomic E-state index is 11.8. The molecule has 1 amide bonds. The molecule has 5 nitrogen and oxygen atoms in total. The Morgan fingerprint density at radius 1 is 1.47 bits per heavy atom. The van der Waals surface area contributed by atoms with Crippen LogP contribution < -0.4 is 5.32 Å². The van der Waals surface area contributed by atoms with Gasteiger partial charge in [-0.05, 0) is 25.3 Å². The molecule has 19 heavy (non-hydrogen) atoms. The highest BCUT2D eigenvalue weighted by Gasteiger charge is 2.17. The molecule has 2 rings (SSSR count). The van der Waals surface area contributed by atoms with Gasteiger partial charge in [0.2, 0.25) is 0 Å². The molecule has 0 spiro atoms. The van der Waals surface area contributed by atoms with Crippen LogP contribution in [0.5, 0.6) is 0 Å². The van der Waals surface area contributed by atoms with Crippen molar-refractivity contribution < 1.29 is 14.3 Å². The number of aromatic nitrogens is 1. The van der Waals surface area contributed by atoms with Gasteiger partial charge >= 0.3 is 5.97 Å². The smallest absolute Gasteiger partial charge is 0.350 e. The third-order valence-electron chi connectivity index (χ3n) is 2.26. The maximum absolute atomic E-state index is 11.8. The molecule has 0 aliphatic rings. The normalized spacial score (nSPS) is 10.2. The van der Waals surface area contributed by atoms with Gasteiger partial charge in [-0.1, -0.05) is 11.3 Å². The molecule has 7 heteroatoms. The van der Waals surface area contributed by atoms with Crippen molar-refractivity contribution in [2.75, 3.05) is 11.9 Å². The van der Waals surface area contributed by atoms with Crippen LogP contribution in [0.25, 0.3) is 0 Å². The van der Waals surface area contributed by atoms with Gasteiger partial charge in [-0.2, -0.15) is 11.3 Å². The predicted octanol–water partition coefficient (Wildman–Crippen LogP) is 2.94. The molecular formula is C12H12N2O3S2. The van der Waals surface area contributed by atoms with Gasteiger partial charge in [0, 0.05) is 5.38 Å². The van der Waals surface area contributed by atoms with E-state index in [1.807, 2.05) is 5.38 Å². The summed E-state index contributed by atoms with van der Waals surface area (Å²) in [5, 5.41) is 6.65. The zero-order valence-corrected chi connectivity index (χ0v) is 12.1. The van der Waals surface area contributed by atoms with Gasteiger partial charge in [-0.15, -0.1) is 0 Å². The molecule has 2 heterocycles. The van der Waals surface area contributed by atoms with E-state index in [-0.39, 0.29) is 5.91 Å². The van der Waals surface area contributed by atoms with E-state index in [1.54, 1.807) is 25.3 Å². The molecule has 0 saturated carbocycles. The highest BCUT2D eigenvalue weighted by molar-refractivity contribution is 7.17. The van der Waals surface area contributed by atoms with Gasteiger partial charge in [-0.3, -0.25) is 10.1 Å². The van der Waals surface area contributed by atoms with Crippen molar-refractivity contribution >= 4 is 39.7 Å². The lowest BCUT2D eigenvalue weighted by molar-refractivity contribution is 0.0531. The van der Waals surface area contributed by atoms with Crippen LogP contribution >= 0.6 is 22.7 Å². The summed E-state index contributed by atoms with van der Waals surface area (Å²) in [4.78, 5) is 28.0. The number of thiazole rings is 1. The summed E-state index contributed by atoms with van der Waals surface area (Å²) in [6.07, 6.45) is 0. The Labute approximate surface area is 118 Å². The molecule has 0 aliphatic carbocycles. The molecule has 0 unspecified atom stereocenters. The number of hydrogen-bond acceptors (Lipinski definition) is 6. The zero-order chi connectivity index (χ0) is 13.8. The second-order valence-electron chi connectivity index (χ2n) is 3.62. The van der Waals surface area contributed by atoms with Gasteiger partial charge in [-0.25, -0.2) is 9.78 Å². The number of nitrogens with zero attached hydrogens (tertiary/aromatic N) is 1. The maximum Gasteiger partial charge on any atom is 0.350 e. The SMILES string of the molecule is CCOC(=O)c1sc(NC(=O)c2ccsc2)nc1C. The first-order chi connectivity index (χ1) is 9.11. The molecule has 0 fully saturated rings. The van der Waals surface area contributed by atoms with Crippen molar-refractivity contribution in [3.63, 3.8) is 0 Å². The molecule has 0 atom stereocenters. The summed E-state index contributed by atoms with van der Waals surface area (Å²) in [5.41, 5.74) is 1.14. The number of esters is 1. The van der Waals surface area contributed by atoms with Crippen LogP contribution in [0.1, 0.15) is 32.6 Å². The summed E-state index contributed by atoms with van der Waals surface area (Å²) in [6.45, 7) is 3.77. The van der Waals surface area contributed by atoms with E-state index in [2.05, 4.69) is 10.3 Å². The minimum absolute atomic E-state index is 0.231. The third kappa shape index (κ3) is 3.18. The Hall–Kier alpha value is -1.73. The fourth-order valence-corrected chi connectivity index (χ4v) is 2.89. The standard InChI is InChI=1S/C12H12N2O3S2/c1-3-17-11(16)9-7(2)13-12(19-9)14-10(15)8-4-5-18-6-8/h4-6H,3H2,1-2H3,(H,13,14,15). The number of rotatable bonds is 4.